The van der Waals surface area contributed by atoms with Crippen molar-refractivity contribution in [2.75, 3.05) is 39.6 Å². The number of ether oxygens (including phenoxy) is 4. The number of aliphatic hydroxyl groups is 1. The van der Waals surface area contributed by atoms with Gasteiger partial charge in [0, 0.05) is 25.7 Å². The summed E-state index contributed by atoms with van der Waals surface area (Å²) in [7, 11) is -9.99. The first-order valence-corrected chi connectivity index (χ1v) is 43.4. The summed E-state index contributed by atoms with van der Waals surface area (Å²) >= 11 is 0. The summed E-state index contributed by atoms with van der Waals surface area (Å²) in [6, 6.07) is 0. The van der Waals surface area contributed by atoms with E-state index in [4.69, 9.17) is 37.0 Å². The van der Waals surface area contributed by atoms with Gasteiger partial charge in [-0.3, -0.25) is 37.3 Å². The van der Waals surface area contributed by atoms with Gasteiger partial charge in [0.1, 0.15) is 19.3 Å². The molecule has 0 rings (SSSR count). The van der Waals surface area contributed by atoms with Gasteiger partial charge in [0.2, 0.25) is 0 Å². The van der Waals surface area contributed by atoms with Gasteiger partial charge in [-0.25, -0.2) is 9.13 Å². The Kier molecular flexibility index (Phi) is 72.9. The van der Waals surface area contributed by atoms with Gasteiger partial charge < -0.3 is 33.8 Å². The molecule has 0 fully saturated rings. The van der Waals surface area contributed by atoms with Crippen LogP contribution in [0, 0.1) is 0 Å². The molecule has 0 heterocycles. The predicted molar refractivity (Wildman–Crippen MR) is 427 cm³/mol. The van der Waals surface area contributed by atoms with Crippen molar-refractivity contribution in [3.8, 4) is 0 Å². The zero-order valence-corrected chi connectivity index (χ0v) is 66.9. The Morgan fingerprint density at radius 3 is 0.856 bits per heavy atom. The maximum Gasteiger partial charge on any atom is 0.472 e. The second-order valence-electron chi connectivity index (χ2n) is 26.6. The highest BCUT2D eigenvalue weighted by Crippen LogP contribution is 2.45. The second kappa shape index (κ2) is 76.4. The molecule has 596 valence electrons. The van der Waals surface area contributed by atoms with E-state index in [0.717, 1.165) is 135 Å². The van der Waals surface area contributed by atoms with Crippen LogP contribution >= 0.6 is 15.6 Å². The van der Waals surface area contributed by atoms with Gasteiger partial charge in [-0.2, -0.15) is 0 Å². The Hall–Kier alpha value is -4.80. The van der Waals surface area contributed by atoms with Crippen LogP contribution in [0.15, 0.2) is 134 Å². The van der Waals surface area contributed by atoms with Gasteiger partial charge in [-0.1, -0.05) is 303 Å². The van der Waals surface area contributed by atoms with E-state index in [-0.39, 0.29) is 25.7 Å². The van der Waals surface area contributed by atoms with E-state index in [1.54, 1.807) is 0 Å². The Morgan fingerprint density at radius 2 is 0.519 bits per heavy atom. The lowest BCUT2D eigenvalue weighted by Crippen LogP contribution is -2.30. The minimum absolute atomic E-state index is 0.0346. The van der Waals surface area contributed by atoms with E-state index < -0.39 is 97.5 Å². The van der Waals surface area contributed by atoms with Gasteiger partial charge in [0.25, 0.3) is 0 Å². The molecule has 0 spiro atoms. The van der Waals surface area contributed by atoms with Crippen LogP contribution in [0.1, 0.15) is 323 Å². The van der Waals surface area contributed by atoms with Gasteiger partial charge >= 0.3 is 39.5 Å². The van der Waals surface area contributed by atoms with Crippen LogP contribution in [-0.2, 0) is 65.4 Å². The number of esters is 4. The third-order valence-corrected chi connectivity index (χ3v) is 18.5. The van der Waals surface area contributed by atoms with Crippen LogP contribution in [-0.4, -0.2) is 96.7 Å². The van der Waals surface area contributed by atoms with Crippen molar-refractivity contribution in [1.29, 1.82) is 0 Å². The summed E-state index contributed by atoms with van der Waals surface area (Å²) in [4.78, 5) is 73.0. The molecule has 0 saturated carbocycles. The van der Waals surface area contributed by atoms with Crippen molar-refractivity contribution in [3.05, 3.63) is 134 Å². The maximum atomic E-state index is 13.1. The van der Waals surface area contributed by atoms with Crippen LogP contribution in [0.4, 0.5) is 0 Å². The average Bonchev–Trinajstić information content (AvgIpc) is 0.918. The van der Waals surface area contributed by atoms with E-state index in [1.807, 2.05) is 18.2 Å². The Morgan fingerprint density at radius 1 is 0.279 bits per heavy atom. The Balaban J connectivity index is 5.45. The molecule has 0 radical (unpaired) electrons. The van der Waals surface area contributed by atoms with Crippen molar-refractivity contribution >= 4 is 39.5 Å². The number of unbranched alkanes of at least 4 members (excludes halogenated alkanes) is 27. The number of aliphatic hydroxyl groups excluding tert-OH is 1. The molecule has 5 atom stereocenters. The molecule has 19 heteroatoms. The molecular weight excluding hydrogens is 1350 g/mol. The lowest BCUT2D eigenvalue weighted by Gasteiger charge is -2.21. The van der Waals surface area contributed by atoms with Gasteiger partial charge in [-0.05, 0) is 128 Å². The molecule has 5 unspecified atom stereocenters. The molecule has 3 N–H and O–H groups in total. The number of allylic oxidation sites excluding steroid dienone is 22. The summed E-state index contributed by atoms with van der Waals surface area (Å²) < 4.78 is 68.5. The first-order valence-electron chi connectivity index (χ1n) is 40.4. The molecule has 0 aromatic carbocycles. The number of hydrogen-bond donors (Lipinski definition) is 3. The molecule has 17 nitrogen and oxygen atoms in total. The van der Waals surface area contributed by atoms with Crippen molar-refractivity contribution in [2.24, 2.45) is 0 Å². The van der Waals surface area contributed by atoms with Crippen LogP contribution in [0.5, 0.6) is 0 Å². The normalized spacial score (nSPS) is 14.6. The molecule has 0 aliphatic carbocycles. The standard InChI is InChI=1S/C85H144O17P2/c1-5-9-13-17-21-25-29-33-37-38-39-40-44-46-50-54-58-62-66-70-83(88)96-76-81(102-85(90)72-68-64-60-56-52-48-43-36-32-28-24-20-16-12-8-4)78-100-104(93,94)98-74-79(86)73-97-103(91,92)99-77-80(101-84(89)71-67-63-59-55-51-47-42-35-31-27-23-19-15-11-7-3)75-95-82(87)69-65-61-57-53-49-45-41-34-30-26-22-18-14-10-6-2/h9-10,13-14,21-22,25-26,33-35,37,39-42,46,49-50,53,58,62,79-81,86H,5-8,11-12,15-20,23-24,27-32,36,38,43-45,47-48,51-52,54-57,59-61,63-78H2,1-4H3,(H,91,92)(H,93,94)/b13-9-,14-10-,25-21-,26-22-,37-33-,40-39-,41-34-,42-35-,50-46-,53-49-,62-58-. The van der Waals surface area contributed by atoms with Gasteiger partial charge in [-0.15, -0.1) is 0 Å². The number of phosphoric ester groups is 2. The van der Waals surface area contributed by atoms with E-state index in [9.17, 15) is 43.2 Å². The highest BCUT2D eigenvalue weighted by Gasteiger charge is 2.30. The summed E-state index contributed by atoms with van der Waals surface area (Å²) in [5.41, 5.74) is 0. The molecule has 0 aromatic rings. The second-order valence-corrected chi connectivity index (χ2v) is 29.5. The van der Waals surface area contributed by atoms with Crippen molar-refractivity contribution in [2.45, 2.75) is 341 Å². The van der Waals surface area contributed by atoms with E-state index in [1.165, 1.54) is 103 Å². The molecule has 104 heavy (non-hydrogen) atoms. The van der Waals surface area contributed by atoms with E-state index in [2.05, 4.69) is 143 Å². The number of rotatable bonds is 75. The Labute approximate surface area is 631 Å². The molecule has 0 saturated heterocycles. The predicted octanol–water partition coefficient (Wildman–Crippen LogP) is 23.7. The summed E-state index contributed by atoms with van der Waals surface area (Å²) in [5, 5.41) is 10.6. The fourth-order valence-electron chi connectivity index (χ4n) is 10.5. The fraction of sp³-hybridized carbons (Fsp3) is 0.694. The van der Waals surface area contributed by atoms with E-state index >= 15 is 0 Å². The largest absolute Gasteiger partial charge is 0.472 e. The minimum atomic E-state index is -5.00. The van der Waals surface area contributed by atoms with Crippen molar-refractivity contribution < 1.29 is 80.2 Å². The third-order valence-electron chi connectivity index (χ3n) is 16.6. The average molecular weight is 1500 g/mol. The van der Waals surface area contributed by atoms with Crippen LogP contribution in [0.25, 0.3) is 0 Å². The topological polar surface area (TPSA) is 237 Å². The first-order chi connectivity index (χ1) is 50.7. The fourth-order valence-corrected chi connectivity index (χ4v) is 12.1. The SMILES string of the molecule is CC/C=C\C/C=C\C/C=C\C/C=C\C/C=C\C/C=C\CCC(=O)OCC(COP(=O)(O)OCC(O)COP(=O)(O)OCC(COC(=O)CCCC/C=C\C/C=C\C/C=C\C/C=C\CC)OC(=O)CCCCCCC/C=C\CCCCCCCC)OC(=O)CCCCCCCCCCCCCCCCC. The number of hydrogen-bond acceptors (Lipinski definition) is 15. The maximum absolute atomic E-state index is 13.1. The quantitative estimate of drug-likeness (QED) is 0.0169. The number of phosphoric acid groups is 2. The lowest BCUT2D eigenvalue weighted by molar-refractivity contribution is -0.161. The van der Waals surface area contributed by atoms with E-state index in [0.29, 0.717) is 32.1 Å². The van der Waals surface area contributed by atoms with Crippen molar-refractivity contribution in [1.82, 2.24) is 0 Å². The summed E-state index contributed by atoms with van der Waals surface area (Å²) in [5.74, 6) is -2.32. The van der Waals surface area contributed by atoms with Crippen LogP contribution in [0.3, 0.4) is 0 Å². The minimum Gasteiger partial charge on any atom is -0.462 e. The molecule has 0 bridgehead atoms. The van der Waals surface area contributed by atoms with Crippen LogP contribution in [0.2, 0.25) is 0 Å². The molecule has 0 aliphatic rings. The zero-order chi connectivity index (χ0) is 76.0. The lowest BCUT2D eigenvalue weighted by atomic mass is 10.0. The molecular formula is C85H144O17P2. The summed E-state index contributed by atoms with van der Waals surface area (Å²) in [6.07, 6.45) is 85.9. The highest BCUT2D eigenvalue weighted by molar-refractivity contribution is 7.47. The van der Waals surface area contributed by atoms with Crippen LogP contribution < -0.4 is 0 Å². The van der Waals surface area contributed by atoms with Crippen molar-refractivity contribution in [3.63, 3.8) is 0 Å². The molecule has 0 aliphatic heterocycles. The van der Waals surface area contributed by atoms with Gasteiger partial charge in [0.15, 0.2) is 12.2 Å². The van der Waals surface area contributed by atoms with Gasteiger partial charge in [0.05, 0.1) is 26.4 Å². The monoisotopic (exact) mass is 1500 g/mol. The molecule has 0 amide bonds. The number of carbonyl (C=O) groups excluding carboxylic acids is 4. The Bertz CT molecular complexity index is 2490. The molecule has 0 aromatic heterocycles. The smallest absolute Gasteiger partial charge is 0.462 e. The summed E-state index contributed by atoms with van der Waals surface area (Å²) in [6.45, 7) is 4.53. The highest BCUT2D eigenvalue weighted by atomic mass is 31.2. The third kappa shape index (κ3) is 75.4. The zero-order valence-electron chi connectivity index (χ0n) is 65.2. The first kappa shape index (κ1) is 99.2. The number of carbonyl (C=O) groups is 4.